The molecule has 4 rings (SSSR count). The van der Waals surface area contributed by atoms with E-state index in [-0.39, 0.29) is 0 Å². The fourth-order valence-electron chi connectivity index (χ4n) is 3.73. The average molecular weight is 378 g/mol. The van der Waals surface area contributed by atoms with Crippen molar-refractivity contribution in [2.24, 2.45) is 5.92 Å². The molecule has 7 nitrogen and oxygen atoms in total. The molecule has 4 heterocycles. The van der Waals surface area contributed by atoms with E-state index in [1.807, 2.05) is 26.0 Å². The summed E-state index contributed by atoms with van der Waals surface area (Å²) in [6, 6.07) is 4.02. The van der Waals surface area contributed by atoms with Crippen molar-refractivity contribution in [3.05, 3.63) is 41.6 Å². The predicted molar refractivity (Wildman–Crippen MR) is 109 cm³/mol. The molecule has 1 aliphatic heterocycles. The number of rotatable bonds is 5. The Bertz CT molecular complexity index is 968. The Morgan fingerprint density at radius 3 is 2.75 bits per heavy atom. The van der Waals surface area contributed by atoms with Gasteiger partial charge in [-0.05, 0) is 50.7 Å². The van der Waals surface area contributed by atoms with Gasteiger partial charge >= 0.3 is 0 Å². The molecule has 3 aromatic rings. The maximum Gasteiger partial charge on any atom is 0.233 e. The van der Waals surface area contributed by atoms with Crippen LogP contribution in [-0.4, -0.2) is 44.8 Å². The number of ether oxygens (including phenoxy) is 1. The first-order valence-electron chi connectivity index (χ1n) is 9.93. The summed E-state index contributed by atoms with van der Waals surface area (Å²) >= 11 is 0. The zero-order valence-electron chi connectivity index (χ0n) is 16.7. The highest BCUT2D eigenvalue weighted by atomic mass is 16.5. The summed E-state index contributed by atoms with van der Waals surface area (Å²) in [4.78, 5) is 15.7. The highest BCUT2D eigenvalue weighted by Gasteiger charge is 2.23. The summed E-state index contributed by atoms with van der Waals surface area (Å²) in [5.74, 6) is 2.95. The fourth-order valence-corrected chi connectivity index (χ4v) is 3.73. The number of hydrogen-bond acceptors (Lipinski definition) is 7. The third-order valence-electron chi connectivity index (χ3n) is 5.41. The van der Waals surface area contributed by atoms with Crippen LogP contribution in [0, 0.1) is 19.8 Å². The molecule has 0 aliphatic carbocycles. The van der Waals surface area contributed by atoms with E-state index in [0.29, 0.717) is 18.4 Å². The van der Waals surface area contributed by atoms with Crippen LogP contribution in [0.15, 0.2) is 24.5 Å². The molecule has 3 aromatic heterocycles. The van der Waals surface area contributed by atoms with Gasteiger partial charge in [0.25, 0.3) is 0 Å². The van der Waals surface area contributed by atoms with Crippen molar-refractivity contribution in [2.45, 2.75) is 40.0 Å². The van der Waals surface area contributed by atoms with Crippen LogP contribution >= 0.6 is 0 Å². The molecule has 0 saturated carbocycles. The Morgan fingerprint density at radius 1 is 1.14 bits per heavy atom. The number of fused-ring (bicyclic) bond motifs is 1. The minimum atomic E-state index is 0.514. The maximum atomic E-state index is 5.95. The van der Waals surface area contributed by atoms with Gasteiger partial charge < -0.3 is 9.64 Å². The second kappa shape index (κ2) is 8.04. The number of piperidine rings is 1. The zero-order chi connectivity index (χ0) is 19.5. The summed E-state index contributed by atoms with van der Waals surface area (Å²) in [6.45, 7) is 8.65. The molecule has 0 spiro atoms. The quantitative estimate of drug-likeness (QED) is 0.674. The van der Waals surface area contributed by atoms with Gasteiger partial charge in [0.1, 0.15) is 11.6 Å². The molecule has 28 heavy (non-hydrogen) atoms. The number of anilines is 1. The SMILES string of the molecule is CCc1cc(OCC2CCN(c3nc(C)nc4cnccc34)CC2)nnc1C. The Kier molecular flexibility index (Phi) is 5.32. The minimum absolute atomic E-state index is 0.514. The zero-order valence-corrected chi connectivity index (χ0v) is 16.7. The Labute approximate surface area is 165 Å². The molecule has 0 amide bonds. The first-order chi connectivity index (χ1) is 13.6. The molecular weight excluding hydrogens is 352 g/mol. The van der Waals surface area contributed by atoms with Crippen LogP contribution in [0.1, 0.15) is 36.8 Å². The predicted octanol–water partition coefficient (Wildman–Crippen LogP) is 3.29. The van der Waals surface area contributed by atoms with Crippen LogP contribution in [0.3, 0.4) is 0 Å². The van der Waals surface area contributed by atoms with Crippen LogP contribution in [0.5, 0.6) is 5.88 Å². The molecule has 0 N–H and O–H groups in total. The number of pyridine rings is 1. The number of nitrogens with zero attached hydrogens (tertiary/aromatic N) is 6. The van der Waals surface area contributed by atoms with Crippen molar-refractivity contribution in [2.75, 3.05) is 24.6 Å². The lowest BCUT2D eigenvalue weighted by atomic mass is 9.97. The van der Waals surface area contributed by atoms with Gasteiger partial charge in [0, 0.05) is 30.7 Å². The van der Waals surface area contributed by atoms with Gasteiger partial charge in [-0.15, -0.1) is 5.10 Å². The molecule has 1 aliphatic rings. The van der Waals surface area contributed by atoms with Crippen LogP contribution in [0.4, 0.5) is 5.82 Å². The topological polar surface area (TPSA) is 76.9 Å². The second-order valence-electron chi connectivity index (χ2n) is 7.38. The molecule has 146 valence electrons. The lowest BCUT2D eigenvalue weighted by molar-refractivity contribution is 0.214. The fraction of sp³-hybridized carbons (Fsp3) is 0.476. The largest absolute Gasteiger partial charge is 0.476 e. The third kappa shape index (κ3) is 3.88. The molecule has 1 saturated heterocycles. The number of aryl methyl sites for hydroxylation is 3. The molecule has 7 heteroatoms. The second-order valence-corrected chi connectivity index (χ2v) is 7.38. The molecular formula is C21H26N6O. The number of hydrogen-bond donors (Lipinski definition) is 0. The first kappa shape index (κ1) is 18.5. The van der Waals surface area contributed by atoms with Gasteiger partial charge in [-0.1, -0.05) is 6.92 Å². The molecule has 0 radical (unpaired) electrons. The van der Waals surface area contributed by atoms with Crippen molar-refractivity contribution in [1.29, 1.82) is 0 Å². The van der Waals surface area contributed by atoms with E-state index in [1.165, 1.54) is 5.56 Å². The molecule has 0 atom stereocenters. The van der Waals surface area contributed by atoms with Gasteiger partial charge in [0.15, 0.2) is 0 Å². The lowest BCUT2D eigenvalue weighted by Gasteiger charge is -2.33. The van der Waals surface area contributed by atoms with Gasteiger partial charge in [0.2, 0.25) is 5.88 Å². The summed E-state index contributed by atoms with van der Waals surface area (Å²) in [5, 5.41) is 9.44. The summed E-state index contributed by atoms with van der Waals surface area (Å²) in [5.41, 5.74) is 3.08. The van der Waals surface area contributed by atoms with E-state index in [2.05, 4.69) is 32.0 Å². The maximum absolute atomic E-state index is 5.95. The monoisotopic (exact) mass is 378 g/mol. The molecule has 0 unspecified atom stereocenters. The van der Waals surface area contributed by atoms with Crippen LogP contribution in [0.25, 0.3) is 10.9 Å². The van der Waals surface area contributed by atoms with Crippen molar-refractivity contribution in [1.82, 2.24) is 25.1 Å². The van der Waals surface area contributed by atoms with E-state index >= 15 is 0 Å². The molecule has 0 bridgehead atoms. The highest BCUT2D eigenvalue weighted by molar-refractivity contribution is 5.88. The Morgan fingerprint density at radius 2 is 1.96 bits per heavy atom. The van der Waals surface area contributed by atoms with Crippen LogP contribution in [-0.2, 0) is 6.42 Å². The van der Waals surface area contributed by atoms with Crippen LogP contribution < -0.4 is 9.64 Å². The third-order valence-corrected chi connectivity index (χ3v) is 5.41. The van der Waals surface area contributed by atoms with Crippen molar-refractivity contribution < 1.29 is 4.74 Å². The molecule has 0 aromatic carbocycles. The van der Waals surface area contributed by atoms with Gasteiger partial charge in [-0.2, -0.15) is 5.10 Å². The van der Waals surface area contributed by atoms with E-state index in [9.17, 15) is 0 Å². The standard InChI is InChI=1S/C21H26N6O/c1-4-17-11-20(26-25-14(17)2)28-13-16-6-9-27(10-7-16)21-18-5-8-22-12-19(18)23-15(3)24-21/h5,8,11-12,16H,4,6-7,9-10,13H2,1-3H3. The molecule has 1 fully saturated rings. The van der Waals surface area contributed by atoms with E-state index in [4.69, 9.17) is 9.72 Å². The van der Waals surface area contributed by atoms with Gasteiger partial charge in [-0.25, -0.2) is 9.97 Å². The van der Waals surface area contributed by atoms with E-state index < -0.39 is 0 Å². The summed E-state index contributed by atoms with van der Waals surface area (Å²) in [7, 11) is 0. The highest BCUT2D eigenvalue weighted by Crippen LogP contribution is 2.28. The van der Waals surface area contributed by atoms with Crippen molar-refractivity contribution in [3.63, 3.8) is 0 Å². The minimum Gasteiger partial charge on any atom is -0.476 e. The van der Waals surface area contributed by atoms with Gasteiger partial charge in [0.05, 0.1) is 24.0 Å². The van der Waals surface area contributed by atoms with E-state index in [1.54, 1.807) is 12.4 Å². The van der Waals surface area contributed by atoms with Crippen molar-refractivity contribution >= 4 is 16.7 Å². The van der Waals surface area contributed by atoms with Crippen LogP contribution in [0.2, 0.25) is 0 Å². The van der Waals surface area contributed by atoms with Gasteiger partial charge in [-0.3, -0.25) is 4.98 Å². The average Bonchev–Trinajstić information content (AvgIpc) is 2.73. The number of aromatic nitrogens is 5. The normalized spacial score (nSPS) is 15.2. The van der Waals surface area contributed by atoms with Crippen molar-refractivity contribution in [3.8, 4) is 5.88 Å². The summed E-state index contributed by atoms with van der Waals surface area (Å²) < 4.78 is 5.95. The first-order valence-corrected chi connectivity index (χ1v) is 9.93. The Hall–Kier alpha value is -2.83. The Balaban J connectivity index is 1.39. The van der Waals surface area contributed by atoms with E-state index in [0.717, 1.165) is 60.6 Å². The smallest absolute Gasteiger partial charge is 0.233 e. The lowest BCUT2D eigenvalue weighted by Crippen LogP contribution is -2.36. The summed E-state index contributed by atoms with van der Waals surface area (Å²) in [6.07, 6.45) is 6.68.